The van der Waals surface area contributed by atoms with Crippen LogP contribution in [0.4, 0.5) is 5.69 Å². The van der Waals surface area contributed by atoms with Gasteiger partial charge in [-0.3, -0.25) is 14.5 Å². The van der Waals surface area contributed by atoms with E-state index in [1.54, 1.807) is 19.1 Å². The fraction of sp³-hybridized carbons (Fsp3) is 0.333. The Labute approximate surface area is 164 Å². The van der Waals surface area contributed by atoms with E-state index >= 15 is 0 Å². The molecule has 0 spiro atoms. The number of halogens is 1. The first kappa shape index (κ1) is 19.4. The maximum atomic E-state index is 12.4. The predicted octanol–water partition coefficient (Wildman–Crippen LogP) is 3.56. The summed E-state index contributed by atoms with van der Waals surface area (Å²) in [6.07, 6.45) is 0. The summed E-state index contributed by atoms with van der Waals surface area (Å²) in [6, 6.07) is 13.1. The number of carbonyl (C=O) groups excluding carboxylic acids is 2. The van der Waals surface area contributed by atoms with E-state index in [-0.39, 0.29) is 11.8 Å². The van der Waals surface area contributed by atoms with Crippen molar-refractivity contribution >= 4 is 29.1 Å². The van der Waals surface area contributed by atoms with Crippen LogP contribution in [0.1, 0.15) is 28.4 Å². The molecule has 0 saturated carbocycles. The number of carbonyl (C=O) groups is 2. The molecular formula is C21H24ClN3O2. The number of benzene rings is 2. The van der Waals surface area contributed by atoms with Crippen LogP contribution in [-0.4, -0.2) is 47.8 Å². The number of hydrogen-bond donors (Lipinski definition) is 1. The van der Waals surface area contributed by atoms with Crippen LogP contribution in [0.25, 0.3) is 0 Å². The Morgan fingerprint density at radius 2 is 1.70 bits per heavy atom. The average molecular weight is 386 g/mol. The topological polar surface area (TPSA) is 52.7 Å². The Hall–Kier alpha value is -2.37. The molecule has 5 nitrogen and oxygen atoms in total. The van der Waals surface area contributed by atoms with Crippen molar-refractivity contribution in [1.82, 2.24) is 9.80 Å². The van der Waals surface area contributed by atoms with Gasteiger partial charge in [0, 0.05) is 55.9 Å². The van der Waals surface area contributed by atoms with Crippen molar-refractivity contribution in [2.75, 3.05) is 31.5 Å². The molecule has 0 atom stereocenters. The fourth-order valence-electron chi connectivity index (χ4n) is 3.17. The normalized spacial score (nSPS) is 14.9. The predicted molar refractivity (Wildman–Crippen MR) is 108 cm³/mol. The Morgan fingerprint density at radius 3 is 2.30 bits per heavy atom. The third-order valence-corrected chi connectivity index (χ3v) is 5.28. The highest BCUT2D eigenvalue weighted by molar-refractivity contribution is 6.31. The second-order valence-electron chi connectivity index (χ2n) is 6.90. The second kappa shape index (κ2) is 8.55. The summed E-state index contributed by atoms with van der Waals surface area (Å²) in [6.45, 7) is 7.64. The maximum absolute atomic E-state index is 12.4. The van der Waals surface area contributed by atoms with Gasteiger partial charge in [-0.2, -0.15) is 0 Å². The average Bonchev–Trinajstić information content (AvgIpc) is 2.66. The summed E-state index contributed by atoms with van der Waals surface area (Å²) in [7, 11) is 0. The molecule has 0 radical (unpaired) electrons. The first-order valence-corrected chi connectivity index (χ1v) is 9.44. The molecule has 27 heavy (non-hydrogen) atoms. The summed E-state index contributed by atoms with van der Waals surface area (Å²) in [5.41, 5.74) is 3.43. The molecule has 6 heteroatoms. The molecule has 2 aromatic rings. The van der Waals surface area contributed by atoms with Gasteiger partial charge in [0.15, 0.2) is 0 Å². The lowest BCUT2D eigenvalue weighted by atomic mass is 10.1. The van der Waals surface area contributed by atoms with Crippen LogP contribution in [0.2, 0.25) is 5.02 Å². The van der Waals surface area contributed by atoms with Gasteiger partial charge < -0.3 is 10.2 Å². The first-order valence-electron chi connectivity index (χ1n) is 9.06. The Bertz CT molecular complexity index is 828. The number of amides is 2. The van der Waals surface area contributed by atoms with Crippen molar-refractivity contribution in [1.29, 1.82) is 0 Å². The smallest absolute Gasteiger partial charge is 0.255 e. The van der Waals surface area contributed by atoms with Crippen LogP contribution in [0.3, 0.4) is 0 Å². The van der Waals surface area contributed by atoms with E-state index in [1.165, 1.54) is 0 Å². The van der Waals surface area contributed by atoms with Gasteiger partial charge in [-0.05, 0) is 48.4 Å². The van der Waals surface area contributed by atoms with Crippen molar-refractivity contribution in [2.45, 2.75) is 20.4 Å². The number of nitrogens with zero attached hydrogens (tertiary/aromatic N) is 2. The largest absolute Gasteiger partial charge is 0.340 e. The molecule has 1 N–H and O–H groups in total. The van der Waals surface area contributed by atoms with Crippen LogP contribution in [0.5, 0.6) is 0 Å². The lowest BCUT2D eigenvalue weighted by Crippen LogP contribution is -2.47. The fourth-order valence-corrected chi connectivity index (χ4v) is 3.28. The Kier molecular flexibility index (Phi) is 6.14. The number of nitrogens with one attached hydrogen (secondary N) is 1. The van der Waals surface area contributed by atoms with Crippen molar-refractivity contribution in [3.05, 3.63) is 64.2 Å². The molecule has 3 rings (SSSR count). The number of hydrogen-bond acceptors (Lipinski definition) is 3. The molecule has 0 aliphatic carbocycles. The number of aryl methyl sites for hydroxylation is 1. The zero-order chi connectivity index (χ0) is 19.4. The van der Waals surface area contributed by atoms with E-state index in [0.29, 0.717) is 10.6 Å². The third-order valence-electron chi connectivity index (χ3n) is 4.86. The van der Waals surface area contributed by atoms with Crippen LogP contribution >= 0.6 is 11.6 Å². The van der Waals surface area contributed by atoms with Crippen molar-refractivity contribution in [2.24, 2.45) is 0 Å². The highest BCUT2D eigenvalue weighted by Crippen LogP contribution is 2.20. The summed E-state index contributed by atoms with van der Waals surface area (Å²) in [5.74, 6) is -0.000702. The van der Waals surface area contributed by atoms with E-state index in [0.717, 1.165) is 49.5 Å². The molecule has 2 amide bonds. The molecule has 1 heterocycles. The van der Waals surface area contributed by atoms with Crippen molar-refractivity contribution in [3.63, 3.8) is 0 Å². The minimum absolute atomic E-state index is 0.140. The summed E-state index contributed by atoms with van der Waals surface area (Å²) < 4.78 is 0. The van der Waals surface area contributed by atoms with Gasteiger partial charge in [0.05, 0.1) is 0 Å². The maximum Gasteiger partial charge on any atom is 0.255 e. The molecule has 1 aliphatic rings. The van der Waals surface area contributed by atoms with E-state index in [2.05, 4.69) is 10.2 Å². The van der Waals surface area contributed by atoms with Gasteiger partial charge >= 0.3 is 0 Å². The molecule has 0 bridgehead atoms. The highest BCUT2D eigenvalue weighted by Gasteiger charge is 2.18. The molecule has 0 aromatic heterocycles. The van der Waals surface area contributed by atoms with E-state index in [1.807, 2.05) is 42.2 Å². The lowest BCUT2D eigenvalue weighted by molar-refractivity contribution is -0.130. The monoisotopic (exact) mass is 385 g/mol. The van der Waals surface area contributed by atoms with Crippen LogP contribution in [0, 0.1) is 6.92 Å². The van der Waals surface area contributed by atoms with Crippen LogP contribution in [-0.2, 0) is 11.3 Å². The highest BCUT2D eigenvalue weighted by atomic mass is 35.5. The van der Waals surface area contributed by atoms with Gasteiger partial charge in [0.1, 0.15) is 0 Å². The summed E-state index contributed by atoms with van der Waals surface area (Å²) in [4.78, 5) is 28.0. The minimum Gasteiger partial charge on any atom is -0.340 e. The minimum atomic E-state index is -0.140. The standard InChI is InChI=1S/C21H24ClN3O2/c1-15-13-19(7-8-20(15)22)23-21(27)18-5-3-17(4-6-18)14-24-9-11-25(12-10-24)16(2)26/h3-8,13H,9-12,14H2,1-2H3,(H,23,27). The summed E-state index contributed by atoms with van der Waals surface area (Å²) >= 11 is 6.02. The molecule has 2 aromatic carbocycles. The molecule has 1 saturated heterocycles. The summed E-state index contributed by atoms with van der Waals surface area (Å²) in [5, 5.41) is 3.58. The van der Waals surface area contributed by atoms with E-state index in [4.69, 9.17) is 11.6 Å². The SMILES string of the molecule is CC(=O)N1CCN(Cc2ccc(C(=O)Nc3ccc(Cl)c(C)c3)cc2)CC1. The van der Waals surface area contributed by atoms with Gasteiger partial charge in [0.2, 0.25) is 5.91 Å². The molecule has 142 valence electrons. The molecule has 0 unspecified atom stereocenters. The van der Waals surface area contributed by atoms with Crippen LogP contribution < -0.4 is 5.32 Å². The zero-order valence-corrected chi connectivity index (χ0v) is 16.4. The van der Waals surface area contributed by atoms with Gasteiger partial charge in [-0.25, -0.2) is 0 Å². The number of piperazine rings is 1. The lowest BCUT2D eigenvalue weighted by Gasteiger charge is -2.34. The third kappa shape index (κ3) is 5.08. The van der Waals surface area contributed by atoms with Gasteiger partial charge in [-0.1, -0.05) is 23.7 Å². The van der Waals surface area contributed by atoms with Gasteiger partial charge in [0.25, 0.3) is 5.91 Å². The Morgan fingerprint density at radius 1 is 1.04 bits per heavy atom. The van der Waals surface area contributed by atoms with Gasteiger partial charge in [-0.15, -0.1) is 0 Å². The van der Waals surface area contributed by atoms with E-state index < -0.39 is 0 Å². The second-order valence-corrected chi connectivity index (χ2v) is 7.30. The van der Waals surface area contributed by atoms with Crippen molar-refractivity contribution in [3.8, 4) is 0 Å². The molecule has 1 aliphatic heterocycles. The molecular weight excluding hydrogens is 362 g/mol. The van der Waals surface area contributed by atoms with Crippen LogP contribution in [0.15, 0.2) is 42.5 Å². The quantitative estimate of drug-likeness (QED) is 0.875. The Balaban J connectivity index is 1.56. The van der Waals surface area contributed by atoms with E-state index in [9.17, 15) is 9.59 Å². The van der Waals surface area contributed by atoms with Crippen molar-refractivity contribution < 1.29 is 9.59 Å². The zero-order valence-electron chi connectivity index (χ0n) is 15.7. The first-order chi connectivity index (χ1) is 12.9. The number of anilines is 1. The number of rotatable bonds is 4. The molecule has 1 fully saturated rings.